The molecule has 1 heterocycles. The molecule has 1 aliphatic rings. The van der Waals surface area contributed by atoms with Gasteiger partial charge in [0, 0.05) is 11.8 Å². The van der Waals surface area contributed by atoms with Crippen molar-refractivity contribution in [2.24, 2.45) is 10.6 Å². The van der Waals surface area contributed by atoms with Gasteiger partial charge in [0.25, 0.3) is 0 Å². The molecule has 2 N–H and O–H groups in total. The highest BCUT2D eigenvalue weighted by molar-refractivity contribution is 5.64. The molecule has 0 saturated carbocycles. The maximum atomic E-state index is 9.81. The molecule has 0 aliphatic carbocycles. The van der Waals surface area contributed by atoms with Gasteiger partial charge < -0.3 is 19.8 Å². The van der Waals surface area contributed by atoms with Gasteiger partial charge in [-0.2, -0.15) is 0 Å². The van der Waals surface area contributed by atoms with Gasteiger partial charge in [-0.15, -0.1) is 5.16 Å². The molecule has 0 bridgehead atoms. The summed E-state index contributed by atoms with van der Waals surface area (Å²) < 4.78 is 10.4. The minimum Gasteiger partial charge on any atom is -0.411 e. The van der Waals surface area contributed by atoms with E-state index in [2.05, 4.69) is 5.16 Å². The highest BCUT2D eigenvalue weighted by Gasteiger charge is 2.30. The number of nitrogens with zero attached hydrogens (tertiary/aromatic N) is 1. The lowest BCUT2D eigenvalue weighted by Crippen LogP contribution is -2.34. The molecule has 14 heavy (non-hydrogen) atoms. The lowest BCUT2D eigenvalue weighted by atomic mass is 9.86. The Morgan fingerprint density at radius 1 is 1.50 bits per heavy atom. The minimum atomic E-state index is -0.651. The van der Waals surface area contributed by atoms with Crippen LogP contribution in [0.25, 0.3) is 0 Å². The lowest BCUT2D eigenvalue weighted by molar-refractivity contribution is -0.0818. The Labute approximate surface area is 83.3 Å². The molecule has 0 unspecified atom stereocenters. The molecule has 1 saturated heterocycles. The van der Waals surface area contributed by atoms with E-state index in [0.717, 1.165) is 0 Å². The monoisotopic (exact) mass is 203 g/mol. The zero-order valence-electron chi connectivity index (χ0n) is 8.51. The fraction of sp³-hybridized carbons (Fsp3) is 0.889. The third-order valence-electron chi connectivity index (χ3n) is 2.36. The van der Waals surface area contributed by atoms with Gasteiger partial charge in [-0.3, -0.25) is 0 Å². The van der Waals surface area contributed by atoms with Crippen LogP contribution in [0.15, 0.2) is 5.16 Å². The molecular formula is C9H17NO4. The Hall–Kier alpha value is -0.650. The summed E-state index contributed by atoms with van der Waals surface area (Å²) >= 11 is 0. The molecule has 82 valence electrons. The summed E-state index contributed by atoms with van der Waals surface area (Å²) in [6, 6.07) is 0. The summed E-state index contributed by atoms with van der Waals surface area (Å²) in [6.07, 6.45) is 0.712. The van der Waals surface area contributed by atoms with Gasteiger partial charge in [-0.25, -0.2) is 0 Å². The number of hydrogen-bond donors (Lipinski definition) is 2. The molecule has 0 aromatic rings. The molecular weight excluding hydrogens is 186 g/mol. The van der Waals surface area contributed by atoms with Crippen molar-refractivity contribution in [2.45, 2.75) is 32.7 Å². The first kappa shape index (κ1) is 11.4. The SMILES string of the molecule is CC(C)(/C=N/O)[C@@H](O)CC1OCCO1. The van der Waals surface area contributed by atoms with Crippen LogP contribution < -0.4 is 0 Å². The topological polar surface area (TPSA) is 71.3 Å². The number of aliphatic hydroxyl groups excluding tert-OH is 1. The first-order valence-corrected chi connectivity index (χ1v) is 4.66. The summed E-state index contributed by atoms with van der Waals surface area (Å²) in [5.74, 6) is 0. The molecule has 0 amide bonds. The van der Waals surface area contributed by atoms with Gasteiger partial charge in [-0.05, 0) is 0 Å². The summed E-state index contributed by atoms with van der Waals surface area (Å²) in [5.41, 5.74) is -0.579. The van der Waals surface area contributed by atoms with Gasteiger partial charge >= 0.3 is 0 Å². The van der Waals surface area contributed by atoms with Crippen LogP contribution >= 0.6 is 0 Å². The van der Waals surface area contributed by atoms with Crippen molar-refractivity contribution in [3.8, 4) is 0 Å². The second-order valence-electron chi connectivity index (χ2n) is 3.99. The van der Waals surface area contributed by atoms with Crippen LogP contribution in [0.2, 0.25) is 0 Å². The minimum absolute atomic E-state index is 0.337. The Bertz CT molecular complexity index is 199. The highest BCUT2D eigenvalue weighted by Crippen LogP contribution is 2.24. The highest BCUT2D eigenvalue weighted by atomic mass is 16.7. The Balaban J connectivity index is 2.43. The summed E-state index contributed by atoms with van der Waals surface area (Å²) in [5, 5.41) is 21.1. The molecule has 0 aromatic carbocycles. The van der Waals surface area contributed by atoms with Crippen LogP contribution in [0.4, 0.5) is 0 Å². The van der Waals surface area contributed by atoms with E-state index in [4.69, 9.17) is 14.7 Å². The van der Waals surface area contributed by atoms with Crippen molar-refractivity contribution in [1.82, 2.24) is 0 Å². The number of oxime groups is 1. The lowest BCUT2D eigenvalue weighted by Gasteiger charge is -2.27. The largest absolute Gasteiger partial charge is 0.411 e. The molecule has 0 radical (unpaired) electrons. The molecule has 1 rings (SSSR count). The fourth-order valence-corrected chi connectivity index (χ4v) is 1.26. The zero-order valence-corrected chi connectivity index (χ0v) is 8.51. The van der Waals surface area contributed by atoms with E-state index in [1.54, 1.807) is 13.8 Å². The normalized spacial score (nSPS) is 21.9. The summed E-state index contributed by atoms with van der Waals surface area (Å²) in [7, 11) is 0. The first-order chi connectivity index (χ1) is 6.56. The average Bonchev–Trinajstić information content (AvgIpc) is 2.56. The molecule has 5 heteroatoms. The second kappa shape index (κ2) is 4.72. The fourth-order valence-electron chi connectivity index (χ4n) is 1.26. The maximum Gasteiger partial charge on any atom is 0.160 e. The van der Waals surface area contributed by atoms with Gasteiger partial charge in [-0.1, -0.05) is 13.8 Å². The maximum absolute atomic E-state index is 9.81. The number of ether oxygens (including phenoxy) is 2. The summed E-state index contributed by atoms with van der Waals surface area (Å²) in [6.45, 7) is 4.72. The van der Waals surface area contributed by atoms with Crippen molar-refractivity contribution >= 4 is 6.21 Å². The van der Waals surface area contributed by atoms with Crippen molar-refractivity contribution in [3.63, 3.8) is 0 Å². The predicted octanol–water partition coefficient (Wildman–Crippen LogP) is 0.596. The van der Waals surface area contributed by atoms with E-state index in [1.165, 1.54) is 6.21 Å². The van der Waals surface area contributed by atoms with Gasteiger partial charge in [0.1, 0.15) is 0 Å². The van der Waals surface area contributed by atoms with E-state index in [1.807, 2.05) is 0 Å². The number of hydrogen-bond acceptors (Lipinski definition) is 5. The van der Waals surface area contributed by atoms with E-state index in [0.29, 0.717) is 19.6 Å². The molecule has 1 atom stereocenters. The standard InChI is InChI=1S/C9H17NO4/c1-9(2,6-10-12)7(11)5-8-13-3-4-14-8/h6-8,11-12H,3-5H2,1-2H3/b10-6+/t7-/m0/s1. The molecule has 0 aromatic heterocycles. The van der Waals surface area contributed by atoms with E-state index < -0.39 is 11.5 Å². The van der Waals surface area contributed by atoms with Crippen LogP contribution in [0.1, 0.15) is 20.3 Å². The number of aliphatic hydroxyl groups is 1. The molecule has 1 aliphatic heterocycles. The van der Waals surface area contributed by atoms with Crippen molar-refractivity contribution in [3.05, 3.63) is 0 Å². The van der Waals surface area contributed by atoms with Gasteiger partial charge in [0.2, 0.25) is 0 Å². The Morgan fingerprint density at radius 2 is 2.07 bits per heavy atom. The van der Waals surface area contributed by atoms with Gasteiger partial charge in [0.15, 0.2) is 6.29 Å². The predicted molar refractivity (Wildman–Crippen MR) is 50.4 cm³/mol. The third kappa shape index (κ3) is 2.94. The molecule has 1 fully saturated rings. The van der Waals surface area contributed by atoms with E-state index in [9.17, 15) is 5.11 Å². The van der Waals surface area contributed by atoms with Crippen LogP contribution in [0.3, 0.4) is 0 Å². The van der Waals surface area contributed by atoms with Crippen molar-refractivity contribution in [1.29, 1.82) is 0 Å². The van der Waals surface area contributed by atoms with Crippen LogP contribution in [-0.4, -0.2) is 42.1 Å². The first-order valence-electron chi connectivity index (χ1n) is 4.66. The third-order valence-corrected chi connectivity index (χ3v) is 2.36. The van der Waals surface area contributed by atoms with Crippen LogP contribution in [-0.2, 0) is 9.47 Å². The Kier molecular flexibility index (Phi) is 3.86. The molecule has 0 spiro atoms. The van der Waals surface area contributed by atoms with Crippen LogP contribution in [0, 0.1) is 5.41 Å². The van der Waals surface area contributed by atoms with Crippen LogP contribution in [0.5, 0.6) is 0 Å². The summed E-state index contributed by atoms with van der Waals surface area (Å²) in [4.78, 5) is 0. The number of rotatable bonds is 4. The molecule has 5 nitrogen and oxygen atoms in total. The smallest absolute Gasteiger partial charge is 0.160 e. The van der Waals surface area contributed by atoms with E-state index >= 15 is 0 Å². The second-order valence-corrected chi connectivity index (χ2v) is 3.99. The average molecular weight is 203 g/mol. The zero-order chi connectivity index (χ0) is 10.6. The quantitative estimate of drug-likeness (QED) is 0.398. The van der Waals surface area contributed by atoms with Crippen molar-refractivity contribution < 1.29 is 19.8 Å². The Morgan fingerprint density at radius 3 is 2.57 bits per heavy atom. The van der Waals surface area contributed by atoms with Crippen molar-refractivity contribution in [2.75, 3.05) is 13.2 Å². The van der Waals surface area contributed by atoms with E-state index in [-0.39, 0.29) is 6.29 Å². The van der Waals surface area contributed by atoms with Gasteiger partial charge in [0.05, 0.1) is 25.5 Å².